The predicted octanol–water partition coefficient (Wildman–Crippen LogP) is 4.93. The lowest BCUT2D eigenvalue weighted by atomic mass is 9.71. The number of ether oxygens (including phenoxy) is 3. The lowest BCUT2D eigenvalue weighted by molar-refractivity contribution is -0.384. The summed E-state index contributed by atoms with van der Waals surface area (Å²) < 4.78 is 16.3. The van der Waals surface area contributed by atoms with Crippen molar-refractivity contribution in [1.82, 2.24) is 5.32 Å². The first-order chi connectivity index (χ1) is 17.6. The summed E-state index contributed by atoms with van der Waals surface area (Å²) in [4.78, 5) is 37.6. The van der Waals surface area contributed by atoms with Crippen LogP contribution in [0.5, 0.6) is 11.5 Å². The number of dihydropyridines is 1. The predicted molar refractivity (Wildman–Crippen MR) is 136 cm³/mol. The highest BCUT2D eigenvalue weighted by Gasteiger charge is 2.41. The number of nitro benzene ring substituents is 1. The Labute approximate surface area is 215 Å². The summed E-state index contributed by atoms with van der Waals surface area (Å²) >= 11 is 0. The number of rotatable bonds is 7. The fourth-order valence-corrected chi connectivity index (χ4v) is 5.05. The van der Waals surface area contributed by atoms with Crippen LogP contribution in [0.3, 0.4) is 0 Å². The van der Waals surface area contributed by atoms with E-state index in [2.05, 4.69) is 5.32 Å². The summed E-state index contributed by atoms with van der Waals surface area (Å²) in [6, 6.07) is 11.6. The van der Waals surface area contributed by atoms with Crippen LogP contribution in [0.2, 0.25) is 0 Å². The quantitative estimate of drug-likeness (QED) is 0.319. The fraction of sp³-hybridized carbons (Fsp3) is 0.357. The van der Waals surface area contributed by atoms with Crippen molar-refractivity contribution in [1.29, 1.82) is 0 Å². The Morgan fingerprint density at radius 1 is 1.03 bits per heavy atom. The Morgan fingerprint density at radius 2 is 1.68 bits per heavy atom. The van der Waals surface area contributed by atoms with Gasteiger partial charge in [0.25, 0.3) is 5.69 Å². The molecule has 0 unspecified atom stereocenters. The largest absolute Gasteiger partial charge is 0.493 e. The molecule has 194 valence electrons. The molecular formula is C28H30N2O7. The third kappa shape index (κ3) is 5.07. The van der Waals surface area contributed by atoms with Gasteiger partial charge in [0.15, 0.2) is 17.3 Å². The van der Waals surface area contributed by atoms with Crippen LogP contribution >= 0.6 is 0 Å². The third-order valence-electron chi connectivity index (χ3n) is 6.71. The highest BCUT2D eigenvalue weighted by Crippen LogP contribution is 2.46. The van der Waals surface area contributed by atoms with E-state index in [4.69, 9.17) is 14.2 Å². The first-order valence-corrected chi connectivity index (χ1v) is 12.1. The Balaban J connectivity index is 1.78. The van der Waals surface area contributed by atoms with E-state index in [1.807, 2.05) is 18.2 Å². The molecule has 2 atom stereocenters. The zero-order chi connectivity index (χ0) is 26.9. The Morgan fingerprint density at radius 3 is 2.27 bits per heavy atom. The highest BCUT2D eigenvalue weighted by atomic mass is 16.6. The molecule has 9 heteroatoms. The van der Waals surface area contributed by atoms with Gasteiger partial charge in [0, 0.05) is 41.4 Å². The number of non-ortho nitro benzene ring substituents is 1. The second kappa shape index (κ2) is 10.5. The first-order valence-electron chi connectivity index (χ1n) is 12.1. The summed E-state index contributed by atoms with van der Waals surface area (Å²) in [7, 11) is 3.14. The lowest BCUT2D eigenvalue weighted by Crippen LogP contribution is -2.36. The smallest absolute Gasteiger partial charge is 0.337 e. The number of nitrogens with one attached hydrogen (secondary N) is 1. The zero-order valence-corrected chi connectivity index (χ0v) is 21.5. The van der Waals surface area contributed by atoms with E-state index >= 15 is 0 Å². The van der Waals surface area contributed by atoms with Crippen molar-refractivity contribution in [2.45, 2.75) is 51.6 Å². The third-order valence-corrected chi connectivity index (χ3v) is 6.71. The molecule has 37 heavy (non-hydrogen) atoms. The van der Waals surface area contributed by atoms with E-state index in [0.29, 0.717) is 40.3 Å². The molecule has 0 amide bonds. The maximum Gasteiger partial charge on any atom is 0.337 e. The molecule has 2 aromatic rings. The number of nitrogens with zero attached hydrogens (tertiary/aromatic N) is 1. The van der Waals surface area contributed by atoms with Crippen molar-refractivity contribution in [3.8, 4) is 11.5 Å². The van der Waals surface area contributed by atoms with Crippen molar-refractivity contribution in [2.75, 3.05) is 14.2 Å². The van der Waals surface area contributed by atoms with Crippen LogP contribution in [0.4, 0.5) is 5.69 Å². The number of allylic oxidation sites excluding steroid dienone is 3. The molecule has 2 aliphatic rings. The van der Waals surface area contributed by atoms with E-state index in [1.165, 1.54) is 12.1 Å². The van der Waals surface area contributed by atoms with Gasteiger partial charge in [-0.3, -0.25) is 14.9 Å². The van der Waals surface area contributed by atoms with Crippen molar-refractivity contribution < 1.29 is 28.7 Å². The van der Waals surface area contributed by atoms with Gasteiger partial charge in [0.05, 0.1) is 30.8 Å². The number of carbonyl (C=O) groups is 2. The highest BCUT2D eigenvalue weighted by molar-refractivity contribution is 6.04. The molecule has 0 bridgehead atoms. The zero-order valence-electron chi connectivity index (χ0n) is 21.5. The molecule has 2 aromatic carbocycles. The summed E-state index contributed by atoms with van der Waals surface area (Å²) in [5, 5.41) is 14.5. The number of Topliss-reactive ketones (excluding diaryl/α,β-unsaturated/α-hetero) is 1. The minimum Gasteiger partial charge on any atom is -0.493 e. The number of esters is 1. The molecule has 0 fully saturated rings. The van der Waals surface area contributed by atoms with Crippen molar-refractivity contribution in [3.05, 3.63) is 86.2 Å². The average Bonchev–Trinajstić information content (AvgIpc) is 2.86. The maximum absolute atomic E-state index is 13.7. The topological polar surface area (TPSA) is 117 Å². The van der Waals surface area contributed by atoms with Crippen LogP contribution in [0, 0.1) is 10.1 Å². The van der Waals surface area contributed by atoms with Crippen LogP contribution in [0.25, 0.3) is 0 Å². The Bertz CT molecular complexity index is 1310. The molecule has 9 nitrogen and oxygen atoms in total. The second-order valence-electron chi connectivity index (χ2n) is 9.43. The molecule has 1 aliphatic carbocycles. The molecule has 1 N–H and O–H groups in total. The standard InChI is InChI=1S/C28H30N2O7/c1-15(2)37-28(32)25-16(3)29-21-12-19(18-8-11-23(35-4)24(14-18)36-5)13-22(31)27(21)26(25)17-6-9-20(10-7-17)30(33)34/h6-11,14-15,19,26,29H,12-13H2,1-5H3/t19-,26+/m0/s1. The number of hydrogen-bond donors (Lipinski definition) is 1. The van der Waals surface area contributed by atoms with Crippen molar-refractivity contribution >= 4 is 17.4 Å². The van der Waals surface area contributed by atoms with Crippen LogP contribution in [0.15, 0.2) is 65.0 Å². The Kier molecular flexibility index (Phi) is 7.33. The molecule has 0 saturated heterocycles. The number of nitro groups is 1. The van der Waals surface area contributed by atoms with Gasteiger partial charge in [-0.25, -0.2) is 4.79 Å². The molecule has 4 rings (SSSR count). The van der Waals surface area contributed by atoms with Crippen LogP contribution in [-0.4, -0.2) is 37.0 Å². The van der Waals surface area contributed by atoms with Crippen molar-refractivity contribution in [2.24, 2.45) is 0 Å². The van der Waals surface area contributed by atoms with Gasteiger partial charge in [0.2, 0.25) is 0 Å². The fourth-order valence-electron chi connectivity index (χ4n) is 5.05. The second-order valence-corrected chi connectivity index (χ2v) is 9.43. The SMILES string of the molecule is COc1ccc([C@@H]2CC(=O)C3=C(C2)NC(C)=C(C(=O)OC(C)C)[C@H]3c2ccc([N+](=O)[O-])cc2)cc1OC. The summed E-state index contributed by atoms with van der Waals surface area (Å²) in [5.74, 6) is -0.226. The summed E-state index contributed by atoms with van der Waals surface area (Å²) in [6.07, 6.45) is 0.437. The molecule has 1 heterocycles. The van der Waals surface area contributed by atoms with Crippen LogP contribution in [0.1, 0.15) is 56.6 Å². The minimum atomic E-state index is -0.692. The first kappa shape index (κ1) is 25.9. The van der Waals surface area contributed by atoms with E-state index in [0.717, 1.165) is 11.3 Å². The lowest BCUT2D eigenvalue weighted by Gasteiger charge is -2.37. The average molecular weight is 507 g/mol. The molecule has 0 spiro atoms. The van der Waals surface area contributed by atoms with E-state index < -0.39 is 16.8 Å². The Hall–Kier alpha value is -4.14. The van der Waals surface area contributed by atoms with Crippen LogP contribution in [-0.2, 0) is 14.3 Å². The molecule has 0 saturated carbocycles. The van der Waals surface area contributed by atoms with Gasteiger partial charge in [-0.15, -0.1) is 0 Å². The van der Waals surface area contributed by atoms with Gasteiger partial charge < -0.3 is 19.5 Å². The normalized spacial score (nSPS) is 19.4. The van der Waals surface area contributed by atoms with E-state index in [9.17, 15) is 19.7 Å². The number of hydrogen-bond acceptors (Lipinski definition) is 8. The van der Waals surface area contributed by atoms with Crippen LogP contribution < -0.4 is 14.8 Å². The van der Waals surface area contributed by atoms with Gasteiger partial charge in [-0.05, 0) is 56.4 Å². The molecule has 1 aliphatic heterocycles. The van der Waals surface area contributed by atoms with Gasteiger partial charge in [-0.1, -0.05) is 18.2 Å². The number of ketones is 1. The minimum absolute atomic E-state index is 0.0672. The number of carbonyl (C=O) groups excluding carboxylic acids is 2. The van der Waals surface area contributed by atoms with Gasteiger partial charge in [0.1, 0.15) is 0 Å². The van der Waals surface area contributed by atoms with E-state index in [1.54, 1.807) is 47.1 Å². The molecule has 0 aromatic heterocycles. The summed E-state index contributed by atoms with van der Waals surface area (Å²) in [5.41, 5.74) is 3.64. The van der Waals surface area contributed by atoms with Gasteiger partial charge in [-0.2, -0.15) is 0 Å². The monoisotopic (exact) mass is 506 g/mol. The molecule has 0 radical (unpaired) electrons. The van der Waals surface area contributed by atoms with E-state index in [-0.39, 0.29) is 29.9 Å². The van der Waals surface area contributed by atoms with Crippen molar-refractivity contribution in [3.63, 3.8) is 0 Å². The summed E-state index contributed by atoms with van der Waals surface area (Å²) in [6.45, 7) is 5.30. The maximum atomic E-state index is 13.7. The number of benzene rings is 2. The van der Waals surface area contributed by atoms with Gasteiger partial charge >= 0.3 is 5.97 Å². The number of methoxy groups -OCH3 is 2. The molecular weight excluding hydrogens is 476 g/mol.